The molecule has 0 aliphatic heterocycles. The number of aromatic nitrogens is 1. The van der Waals surface area contributed by atoms with Gasteiger partial charge in [-0.05, 0) is 25.0 Å². The third-order valence-corrected chi connectivity index (χ3v) is 2.57. The highest BCUT2D eigenvalue weighted by Crippen LogP contribution is 2.10. The summed E-state index contributed by atoms with van der Waals surface area (Å²) in [5, 5.41) is 5.88. The fraction of sp³-hybridized carbons (Fsp3) is 0.538. The molecular formula is C13H21N3O. The van der Waals surface area contributed by atoms with Gasteiger partial charge in [-0.3, -0.25) is 4.79 Å². The molecule has 0 fully saturated rings. The minimum atomic E-state index is -0.0212. The molecule has 4 nitrogen and oxygen atoms in total. The van der Waals surface area contributed by atoms with Crippen LogP contribution in [0, 0.1) is 0 Å². The van der Waals surface area contributed by atoms with E-state index in [0.717, 1.165) is 37.3 Å². The highest BCUT2D eigenvalue weighted by molar-refractivity contribution is 5.94. The van der Waals surface area contributed by atoms with Gasteiger partial charge in [0.2, 0.25) is 0 Å². The molecular weight excluding hydrogens is 214 g/mol. The smallest absolute Gasteiger partial charge is 0.251 e. The van der Waals surface area contributed by atoms with Crippen molar-refractivity contribution in [1.82, 2.24) is 10.3 Å². The van der Waals surface area contributed by atoms with Crippen LogP contribution in [0.15, 0.2) is 12.1 Å². The minimum absolute atomic E-state index is 0.0212. The van der Waals surface area contributed by atoms with Gasteiger partial charge in [0.25, 0.3) is 5.91 Å². The van der Waals surface area contributed by atoms with E-state index in [4.69, 9.17) is 0 Å². The second-order valence-electron chi connectivity index (χ2n) is 3.95. The number of unbranched alkanes of at least 4 members (excludes halogenated alkanes) is 1. The number of nitrogens with zero attached hydrogens (tertiary/aromatic N) is 1. The van der Waals surface area contributed by atoms with E-state index in [1.165, 1.54) is 0 Å². The summed E-state index contributed by atoms with van der Waals surface area (Å²) in [7, 11) is 1.81. The molecule has 0 atom stereocenters. The number of amides is 1. The van der Waals surface area contributed by atoms with Crippen molar-refractivity contribution in [3.05, 3.63) is 23.4 Å². The van der Waals surface area contributed by atoms with Crippen molar-refractivity contribution in [2.75, 3.05) is 18.9 Å². The van der Waals surface area contributed by atoms with E-state index in [-0.39, 0.29) is 5.91 Å². The lowest BCUT2D eigenvalue weighted by atomic mass is 10.1. The number of pyridine rings is 1. The Balaban J connectivity index is 2.77. The summed E-state index contributed by atoms with van der Waals surface area (Å²) in [5.41, 5.74) is 1.61. The van der Waals surface area contributed by atoms with Gasteiger partial charge in [-0.2, -0.15) is 0 Å². The molecule has 0 radical (unpaired) electrons. The van der Waals surface area contributed by atoms with Crippen molar-refractivity contribution < 1.29 is 4.79 Å². The Labute approximate surface area is 103 Å². The summed E-state index contributed by atoms with van der Waals surface area (Å²) < 4.78 is 0. The number of carbonyl (C=O) groups excluding carboxylic acids is 1. The molecule has 1 rings (SSSR count). The Kier molecular flexibility index (Phi) is 5.46. The largest absolute Gasteiger partial charge is 0.373 e. The van der Waals surface area contributed by atoms with Crippen molar-refractivity contribution >= 4 is 11.7 Å². The lowest BCUT2D eigenvalue weighted by Gasteiger charge is -2.08. The maximum atomic E-state index is 11.9. The van der Waals surface area contributed by atoms with Gasteiger partial charge in [0.15, 0.2) is 0 Å². The maximum Gasteiger partial charge on any atom is 0.251 e. The number of anilines is 1. The topological polar surface area (TPSA) is 54.0 Å². The van der Waals surface area contributed by atoms with Gasteiger partial charge >= 0.3 is 0 Å². The van der Waals surface area contributed by atoms with E-state index in [9.17, 15) is 4.79 Å². The normalized spacial score (nSPS) is 10.1. The van der Waals surface area contributed by atoms with E-state index >= 15 is 0 Å². The van der Waals surface area contributed by atoms with E-state index in [0.29, 0.717) is 5.56 Å². The second kappa shape index (κ2) is 6.89. The molecule has 94 valence electrons. The summed E-state index contributed by atoms with van der Waals surface area (Å²) in [4.78, 5) is 16.2. The van der Waals surface area contributed by atoms with Crippen LogP contribution < -0.4 is 10.6 Å². The van der Waals surface area contributed by atoms with Gasteiger partial charge in [0, 0.05) is 24.8 Å². The van der Waals surface area contributed by atoms with Crippen LogP contribution in [0.5, 0.6) is 0 Å². The first kappa shape index (κ1) is 13.5. The lowest BCUT2D eigenvalue weighted by Crippen LogP contribution is -2.24. The van der Waals surface area contributed by atoms with Crippen molar-refractivity contribution in [1.29, 1.82) is 0 Å². The first-order chi connectivity index (χ1) is 8.21. The molecule has 1 heterocycles. The van der Waals surface area contributed by atoms with Crippen molar-refractivity contribution in [2.45, 2.75) is 33.1 Å². The Bertz CT molecular complexity index is 355. The summed E-state index contributed by atoms with van der Waals surface area (Å²) in [6.45, 7) is 4.86. The predicted molar refractivity (Wildman–Crippen MR) is 70.4 cm³/mol. The van der Waals surface area contributed by atoms with E-state index in [1.807, 2.05) is 13.0 Å². The van der Waals surface area contributed by atoms with Gasteiger partial charge in [0.05, 0.1) is 0 Å². The van der Waals surface area contributed by atoms with Crippen LogP contribution in [0.25, 0.3) is 0 Å². The van der Waals surface area contributed by atoms with E-state index in [2.05, 4.69) is 22.5 Å². The fourth-order valence-corrected chi connectivity index (χ4v) is 1.51. The summed E-state index contributed by atoms with van der Waals surface area (Å²) in [6.07, 6.45) is 2.92. The van der Waals surface area contributed by atoms with Crippen LogP contribution in [-0.4, -0.2) is 24.5 Å². The van der Waals surface area contributed by atoms with Gasteiger partial charge in [-0.15, -0.1) is 0 Å². The van der Waals surface area contributed by atoms with Crippen LogP contribution in [0.2, 0.25) is 0 Å². The molecule has 1 aromatic rings. The minimum Gasteiger partial charge on any atom is -0.373 e. The second-order valence-corrected chi connectivity index (χ2v) is 3.95. The maximum absolute atomic E-state index is 11.9. The number of aryl methyl sites for hydroxylation is 1. The first-order valence-electron chi connectivity index (χ1n) is 6.18. The Morgan fingerprint density at radius 3 is 2.71 bits per heavy atom. The zero-order valence-electron chi connectivity index (χ0n) is 10.8. The van der Waals surface area contributed by atoms with Crippen molar-refractivity contribution in [3.63, 3.8) is 0 Å². The Morgan fingerprint density at radius 2 is 2.12 bits per heavy atom. The Morgan fingerprint density at radius 1 is 1.35 bits per heavy atom. The number of hydrogen-bond donors (Lipinski definition) is 2. The van der Waals surface area contributed by atoms with Crippen LogP contribution in [0.3, 0.4) is 0 Å². The number of carbonyl (C=O) groups is 1. The zero-order chi connectivity index (χ0) is 12.7. The molecule has 0 aromatic carbocycles. The molecule has 4 heteroatoms. The average Bonchev–Trinajstić information content (AvgIpc) is 2.38. The van der Waals surface area contributed by atoms with Crippen molar-refractivity contribution in [3.8, 4) is 0 Å². The Hall–Kier alpha value is -1.58. The molecule has 17 heavy (non-hydrogen) atoms. The molecule has 0 saturated carbocycles. The van der Waals surface area contributed by atoms with Gasteiger partial charge in [0.1, 0.15) is 5.82 Å². The lowest BCUT2D eigenvalue weighted by molar-refractivity contribution is 0.0953. The molecule has 1 aromatic heterocycles. The molecule has 0 saturated heterocycles. The third kappa shape index (κ3) is 4.06. The molecule has 0 unspecified atom stereocenters. The van der Waals surface area contributed by atoms with Crippen LogP contribution in [0.4, 0.5) is 5.82 Å². The number of hydrogen-bond acceptors (Lipinski definition) is 3. The van der Waals surface area contributed by atoms with Crippen molar-refractivity contribution in [2.24, 2.45) is 0 Å². The highest BCUT2D eigenvalue weighted by atomic mass is 16.1. The number of nitrogens with one attached hydrogen (secondary N) is 2. The molecule has 0 bridgehead atoms. The molecule has 1 amide bonds. The molecule has 2 N–H and O–H groups in total. The molecule has 0 aliphatic carbocycles. The zero-order valence-corrected chi connectivity index (χ0v) is 10.8. The first-order valence-corrected chi connectivity index (χ1v) is 6.18. The van der Waals surface area contributed by atoms with Crippen LogP contribution >= 0.6 is 0 Å². The van der Waals surface area contributed by atoms with E-state index < -0.39 is 0 Å². The van der Waals surface area contributed by atoms with Gasteiger partial charge in [-0.25, -0.2) is 4.98 Å². The van der Waals surface area contributed by atoms with Crippen LogP contribution in [0.1, 0.15) is 42.7 Å². The third-order valence-electron chi connectivity index (χ3n) is 2.57. The number of rotatable bonds is 6. The van der Waals surface area contributed by atoms with Gasteiger partial charge < -0.3 is 10.6 Å². The quantitative estimate of drug-likeness (QED) is 0.743. The monoisotopic (exact) mass is 235 g/mol. The van der Waals surface area contributed by atoms with Gasteiger partial charge in [-0.1, -0.05) is 20.3 Å². The predicted octanol–water partition coefficient (Wildman–Crippen LogP) is 2.22. The summed E-state index contributed by atoms with van der Waals surface area (Å²) in [5.74, 6) is 0.719. The van der Waals surface area contributed by atoms with E-state index in [1.54, 1.807) is 13.1 Å². The standard InChI is InChI=1S/C13H21N3O/c1-4-6-7-15-13(17)10-8-11(5-2)16-12(9-10)14-3/h8-9H,4-7H2,1-3H3,(H,14,16)(H,15,17). The summed E-state index contributed by atoms with van der Waals surface area (Å²) in [6, 6.07) is 3.63. The average molecular weight is 235 g/mol. The summed E-state index contributed by atoms with van der Waals surface area (Å²) >= 11 is 0. The molecule has 0 spiro atoms. The molecule has 0 aliphatic rings. The fourth-order valence-electron chi connectivity index (χ4n) is 1.51. The SMILES string of the molecule is CCCCNC(=O)c1cc(CC)nc(NC)c1. The van der Waals surface area contributed by atoms with Crippen LogP contribution in [-0.2, 0) is 6.42 Å². The highest BCUT2D eigenvalue weighted by Gasteiger charge is 2.08.